The Labute approximate surface area is 167 Å². The van der Waals surface area contributed by atoms with Gasteiger partial charge in [-0.15, -0.1) is 0 Å². The van der Waals surface area contributed by atoms with Crippen molar-refractivity contribution < 1.29 is 4.79 Å². The fraction of sp³-hybridized carbons (Fsp3) is 0.238. The first kappa shape index (κ1) is 18.4. The second-order valence-corrected chi connectivity index (χ2v) is 7.15. The molecule has 1 aliphatic heterocycles. The van der Waals surface area contributed by atoms with E-state index in [1.165, 1.54) is 0 Å². The number of carbonyl (C=O) groups is 1. The molecule has 1 saturated heterocycles. The molecule has 6 nitrogen and oxygen atoms in total. The van der Waals surface area contributed by atoms with Gasteiger partial charge in [-0.05, 0) is 42.7 Å². The number of likely N-dealkylation sites (tertiary alicyclic amines) is 1. The second kappa shape index (κ2) is 7.94. The Bertz CT molecular complexity index is 1100. The van der Waals surface area contributed by atoms with Crippen LogP contribution in [0.4, 0.5) is 0 Å². The maximum Gasteiger partial charge on any atom is 0.263 e. The maximum absolute atomic E-state index is 12.7. The molecule has 0 N–H and O–H groups in total. The summed E-state index contributed by atoms with van der Waals surface area (Å²) in [7, 11) is 0. The Balaban J connectivity index is 1.43. The summed E-state index contributed by atoms with van der Waals surface area (Å²) in [4.78, 5) is 35.4. The van der Waals surface area contributed by atoms with Gasteiger partial charge >= 0.3 is 0 Å². The van der Waals surface area contributed by atoms with Gasteiger partial charge in [0.25, 0.3) is 5.56 Å². The van der Waals surface area contributed by atoms with Crippen molar-refractivity contribution in [1.82, 2.24) is 19.4 Å². The third-order valence-corrected chi connectivity index (χ3v) is 5.38. The van der Waals surface area contributed by atoms with E-state index in [4.69, 9.17) is 11.6 Å². The van der Waals surface area contributed by atoms with Crippen LogP contribution in [-0.4, -0.2) is 38.4 Å². The van der Waals surface area contributed by atoms with E-state index in [1.807, 2.05) is 18.2 Å². The summed E-state index contributed by atoms with van der Waals surface area (Å²) in [6.45, 7) is 1.18. The molecule has 0 saturated carbocycles. The van der Waals surface area contributed by atoms with Crippen LogP contribution in [0.15, 0.2) is 59.8 Å². The Morgan fingerprint density at radius 3 is 2.68 bits per heavy atom. The van der Waals surface area contributed by atoms with Crippen molar-refractivity contribution in [2.75, 3.05) is 13.1 Å². The smallest absolute Gasteiger partial charge is 0.263 e. The fourth-order valence-electron chi connectivity index (χ4n) is 3.48. The Morgan fingerprint density at radius 1 is 1.11 bits per heavy atom. The number of benzene rings is 1. The minimum atomic E-state index is -0.0820. The molecular formula is C21H19ClN4O2. The van der Waals surface area contributed by atoms with E-state index < -0.39 is 0 Å². The second-order valence-electron chi connectivity index (χ2n) is 6.74. The molecular weight excluding hydrogens is 376 g/mol. The van der Waals surface area contributed by atoms with Gasteiger partial charge in [0.15, 0.2) is 5.65 Å². The molecule has 0 spiro atoms. The zero-order chi connectivity index (χ0) is 19.5. The molecule has 1 aliphatic rings. The third kappa shape index (κ3) is 3.68. The number of fused-ring (bicyclic) bond motifs is 1. The number of nitrogens with zero attached hydrogens (tertiary/aromatic N) is 4. The summed E-state index contributed by atoms with van der Waals surface area (Å²) >= 11 is 6.12. The predicted octanol–water partition coefficient (Wildman–Crippen LogP) is 3.32. The maximum atomic E-state index is 12.7. The molecule has 28 heavy (non-hydrogen) atoms. The Morgan fingerprint density at radius 2 is 1.89 bits per heavy atom. The molecule has 0 unspecified atom stereocenters. The largest absolute Gasteiger partial charge is 0.339 e. The van der Waals surface area contributed by atoms with E-state index in [2.05, 4.69) is 9.97 Å². The molecule has 1 amide bonds. The van der Waals surface area contributed by atoms with Crippen molar-refractivity contribution >= 4 is 34.6 Å². The van der Waals surface area contributed by atoms with Crippen LogP contribution in [0.25, 0.3) is 17.1 Å². The SMILES string of the molecule is O=C(/C=C/c1ccccc1Cl)N1CCC(n2cnc3ncccc3c2=O)CC1. The molecule has 2 aromatic heterocycles. The first-order chi connectivity index (χ1) is 13.6. The van der Waals surface area contributed by atoms with E-state index in [0.29, 0.717) is 42.0 Å². The lowest BCUT2D eigenvalue weighted by Crippen LogP contribution is -2.40. The van der Waals surface area contributed by atoms with Gasteiger partial charge in [-0.25, -0.2) is 9.97 Å². The third-order valence-electron chi connectivity index (χ3n) is 5.04. The normalized spacial score (nSPS) is 15.4. The zero-order valence-electron chi connectivity index (χ0n) is 15.2. The summed E-state index contributed by atoms with van der Waals surface area (Å²) in [6.07, 6.45) is 7.90. The van der Waals surface area contributed by atoms with E-state index in [9.17, 15) is 9.59 Å². The van der Waals surface area contributed by atoms with Crippen molar-refractivity contribution in [3.8, 4) is 0 Å². The molecule has 142 valence electrons. The number of piperidine rings is 1. The van der Waals surface area contributed by atoms with Crippen molar-refractivity contribution in [3.63, 3.8) is 0 Å². The molecule has 0 atom stereocenters. The van der Waals surface area contributed by atoms with Crippen LogP contribution >= 0.6 is 11.6 Å². The molecule has 3 heterocycles. The van der Waals surface area contributed by atoms with Gasteiger partial charge < -0.3 is 4.90 Å². The molecule has 3 aromatic rings. The van der Waals surface area contributed by atoms with Gasteiger partial charge in [-0.2, -0.15) is 0 Å². The lowest BCUT2D eigenvalue weighted by atomic mass is 10.0. The topological polar surface area (TPSA) is 68.1 Å². The van der Waals surface area contributed by atoms with Crippen LogP contribution < -0.4 is 5.56 Å². The van der Waals surface area contributed by atoms with Crippen LogP contribution in [0.2, 0.25) is 5.02 Å². The van der Waals surface area contributed by atoms with Gasteiger partial charge in [-0.1, -0.05) is 29.8 Å². The van der Waals surface area contributed by atoms with Crippen LogP contribution in [-0.2, 0) is 4.79 Å². The molecule has 0 aliphatic carbocycles. The highest BCUT2D eigenvalue weighted by atomic mass is 35.5. The van der Waals surface area contributed by atoms with Gasteiger partial charge in [0.1, 0.15) is 6.33 Å². The number of amides is 1. The highest BCUT2D eigenvalue weighted by Crippen LogP contribution is 2.22. The lowest BCUT2D eigenvalue weighted by molar-refractivity contribution is -0.127. The summed E-state index contributed by atoms with van der Waals surface area (Å²) in [5, 5.41) is 1.13. The van der Waals surface area contributed by atoms with Gasteiger partial charge in [0.05, 0.1) is 5.39 Å². The fourth-order valence-corrected chi connectivity index (χ4v) is 3.68. The number of hydrogen-bond acceptors (Lipinski definition) is 4. The molecule has 0 bridgehead atoms. The number of carbonyl (C=O) groups excluding carboxylic acids is 1. The summed E-state index contributed by atoms with van der Waals surface area (Å²) in [5.74, 6) is -0.0495. The Hall–Kier alpha value is -2.99. The monoisotopic (exact) mass is 394 g/mol. The van der Waals surface area contributed by atoms with Crippen LogP contribution in [0.3, 0.4) is 0 Å². The van der Waals surface area contributed by atoms with Gasteiger partial charge in [-0.3, -0.25) is 14.2 Å². The van der Waals surface area contributed by atoms with Crippen molar-refractivity contribution in [3.05, 3.63) is 75.9 Å². The quantitative estimate of drug-likeness (QED) is 0.639. The molecule has 1 fully saturated rings. The summed E-state index contributed by atoms with van der Waals surface area (Å²) < 4.78 is 1.67. The average Bonchev–Trinajstić information content (AvgIpc) is 2.74. The molecule has 0 radical (unpaired) electrons. The lowest BCUT2D eigenvalue weighted by Gasteiger charge is -2.32. The van der Waals surface area contributed by atoms with Crippen molar-refractivity contribution in [1.29, 1.82) is 0 Å². The number of aromatic nitrogens is 3. The van der Waals surface area contributed by atoms with Crippen LogP contribution in [0, 0.1) is 0 Å². The highest BCUT2D eigenvalue weighted by Gasteiger charge is 2.24. The van der Waals surface area contributed by atoms with E-state index in [-0.39, 0.29) is 17.5 Å². The van der Waals surface area contributed by atoms with Gasteiger partial charge in [0, 0.05) is 36.4 Å². The van der Waals surface area contributed by atoms with E-state index >= 15 is 0 Å². The summed E-state index contributed by atoms with van der Waals surface area (Å²) in [6, 6.07) is 10.9. The Kier molecular flexibility index (Phi) is 5.21. The molecule has 7 heteroatoms. The highest BCUT2D eigenvalue weighted by molar-refractivity contribution is 6.32. The average molecular weight is 395 g/mol. The minimum Gasteiger partial charge on any atom is -0.339 e. The first-order valence-electron chi connectivity index (χ1n) is 9.17. The molecule has 1 aromatic carbocycles. The molecule has 4 rings (SSSR count). The number of halogens is 1. The first-order valence-corrected chi connectivity index (χ1v) is 9.54. The van der Waals surface area contributed by atoms with Crippen molar-refractivity contribution in [2.45, 2.75) is 18.9 Å². The standard InChI is InChI=1S/C21H19ClN4O2/c22-18-6-2-1-4-15(18)7-8-19(27)25-12-9-16(10-13-25)26-14-24-20-17(21(26)28)5-3-11-23-20/h1-8,11,14,16H,9-10,12-13H2/b8-7+. The number of rotatable bonds is 3. The zero-order valence-corrected chi connectivity index (χ0v) is 15.9. The summed E-state index contributed by atoms with van der Waals surface area (Å²) in [5.41, 5.74) is 1.19. The minimum absolute atomic E-state index is 0.0289. The number of hydrogen-bond donors (Lipinski definition) is 0. The van der Waals surface area contributed by atoms with Gasteiger partial charge in [0.2, 0.25) is 5.91 Å². The van der Waals surface area contributed by atoms with Crippen LogP contribution in [0.5, 0.6) is 0 Å². The van der Waals surface area contributed by atoms with Crippen LogP contribution in [0.1, 0.15) is 24.4 Å². The van der Waals surface area contributed by atoms with Crippen molar-refractivity contribution in [2.24, 2.45) is 0 Å². The van der Waals surface area contributed by atoms with E-state index in [1.54, 1.807) is 52.3 Å². The van der Waals surface area contributed by atoms with E-state index in [0.717, 1.165) is 5.56 Å². The predicted molar refractivity (Wildman–Crippen MR) is 109 cm³/mol. The number of pyridine rings is 1.